The lowest BCUT2D eigenvalue weighted by atomic mass is 10.1. The molecule has 1 aromatic carbocycles. The lowest BCUT2D eigenvalue weighted by molar-refractivity contribution is -0.115. The minimum Gasteiger partial charge on any atom is -0.462 e. The molecule has 1 heterocycles. The van der Waals surface area contributed by atoms with Crippen LogP contribution in [-0.2, 0) is 16.0 Å². The van der Waals surface area contributed by atoms with Crippen LogP contribution in [0.2, 0.25) is 5.02 Å². The maximum absolute atomic E-state index is 12.5. The van der Waals surface area contributed by atoms with Crippen LogP contribution in [0.3, 0.4) is 0 Å². The number of hydrogen-bond acceptors (Lipinski definition) is 5. The molecule has 2 rings (SSSR count). The molecule has 0 bridgehead atoms. The fourth-order valence-electron chi connectivity index (χ4n) is 2.55. The Kier molecular flexibility index (Phi) is 7.60. The van der Waals surface area contributed by atoms with Gasteiger partial charge in [-0.15, -0.1) is 11.3 Å². The minimum atomic E-state index is -0.568. The van der Waals surface area contributed by atoms with Crippen molar-refractivity contribution in [3.05, 3.63) is 50.9 Å². The van der Waals surface area contributed by atoms with Crippen molar-refractivity contribution in [3.63, 3.8) is 0 Å². The summed E-state index contributed by atoms with van der Waals surface area (Å²) in [7, 11) is 0. The Morgan fingerprint density at radius 1 is 1.18 bits per heavy atom. The van der Waals surface area contributed by atoms with Crippen LogP contribution < -0.4 is 10.6 Å². The molecular formula is C20H23ClN2O4S. The second kappa shape index (κ2) is 9.71. The highest BCUT2D eigenvalue weighted by molar-refractivity contribution is 7.18. The zero-order chi connectivity index (χ0) is 20.8. The van der Waals surface area contributed by atoms with E-state index in [2.05, 4.69) is 10.6 Å². The number of esters is 1. The number of nitrogens with one attached hydrogen (secondary N) is 2. The van der Waals surface area contributed by atoms with E-state index in [0.29, 0.717) is 20.5 Å². The van der Waals surface area contributed by atoms with Crippen molar-refractivity contribution in [2.75, 3.05) is 11.9 Å². The lowest BCUT2D eigenvalue weighted by Gasteiger charge is -2.08. The van der Waals surface area contributed by atoms with Gasteiger partial charge in [0.25, 0.3) is 5.91 Å². The number of hydrogen-bond donors (Lipinski definition) is 2. The van der Waals surface area contributed by atoms with Crippen LogP contribution in [0.1, 0.15) is 51.9 Å². The van der Waals surface area contributed by atoms with E-state index in [-0.39, 0.29) is 36.4 Å². The maximum atomic E-state index is 12.5. The Morgan fingerprint density at radius 2 is 1.82 bits per heavy atom. The number of anilines is 1. The van der Waals surface area contributed by atoms with Gasteiger partial charge >= 0.3 is 5.97 Å². The molecule has 6 nitrogen and oxygen atoms in total. The number of rotatable bonds is 7. The van der Waals surface area contributed by atoms with E-state index >= 15 is 0 Å². The minimum absolute atomic E-state index is 0.0528. The fourth-order valence-corrected chi connectivity index (χ4v) is 3.79. The van der Waals surface area contributed by atoms with E-state index in [9.17, 15) is 14.4 Å². The van der Waals surface area contributed by atoms with Crippen molar-refractivity contribution in [2.24, 2.45) is 0 Å². The molecule has 0 radical (unpaired) electrons. The number of carbonyl (C=O) groups is 3. The zero-order valence-corrected chi connectivity index (χ0v) is 17.8. The topological polar surface area (TPSA) is 84.5 Å². The zero-order valence-electron chi connectivity index (χ0n) is 16.2. The lowest BCUT2D eigenvalue weighted by Crippen LogP contribution is -2.29. The molecule has 0 aliphatic heterocycles. The second-order valence-corrected chi connectivity index (χ2v) is 7.92. The van der Waals surface area contributed by atoms with Gasteiger partial charge in [-0.3, -0.25) is 9.59 Å². The van der Waals surface area contributed by atoms with Crippen molar-refractivity contribution in [1.82, 2.24) is 5.32 Å². The molecule has 0 unspecified atom stereocenters. The van der Waals surface area contributed by atoms with E-state index in [1.807, 2.05) is 13.8 Å². The molecule has 0 saturated carbocycles. The Labute approximate surface area is 173 Å². The number of ether oxygens (including phenoxy) is 1. The first-order valence-corrected chi connectivity index (χ1v) is 10.1. The van der Waals surface area contributed by atoms with Crippen molar-refractivity contribution in [2.45, 2.75) is 40.2 Å². The molecule has 1 aromatic heterocycles. The average Bonchev–Trinajstić information content (AvgIpc) is 2.92. The number of thiophene rings is 1. The third kappa shape index (κ3) is 5.56. The van der Waals surface area contributed by atoms with Crippen LogP contribution in [0.4, 0.5) is 5.00 Å². The van der Waals surface area contributed by atoms with Crippen molar-refractivity contribution in [1.29, 1.82) is 0 Å². The summed E-state index contributed by atoms with van der Waals surface area (Å²) in [6, 6.07) is 6.88. The molecule has 0 aliphatic rings. The first kappa shape index (κ1) is 21.9. The van der Waals surface area contributed by atoms with Crippen LogP contribution in [0, 0.1) is 6.92 Å². The standard InChI is InChI=1S/C20H23ClN2O4S/c1-5-27-20(26)16-12(4)17(18(25)22-11(2)3)28-19(16)23-15(24)10-13-6-8-14(21)9-7-13/h6-9,11H,5,10H2,1-4H3,(H,22,25)(H,23,24). The van der Waals surface area contributed by atoms with E-state index in [1.54, 1.807) is 38.1 Å². The van der Waals surface area contributed by atoms with Gasteiger partial charge in [0.1, 0.15) is 5.00 Å². The van der Waals surface area contributed by atoms with Gasteiger partial charge in [0, 0.05) is 11.1 Å². The van der Waals surface area contributed by atoms with Crippen LogP contribution in [0.15, 0.2) is 24.3 Å². The molecule has 0 aliphatic carbocycles. The quantitative estimate of drug-likeness (QED) is 0.654. The SMILES string of the molecule is CCOC(=O)c1c(NC(=O)Cc2ccc(Cl)cc2)sc(C(=O)NC(C)C)c1C. The molecule has 150 valence electrons. The fraction of sp³-hybridized carbons (Fsp3) is 0.350. The number of amides is 2. The summed E-state index contributed by atoms with van der Waals surface area (Å²) in [5.41, 5.74) is 1.49. The van der Waals surface area contributed by atoms with Crippen molar-refractivity contribution < 1.29 is 19.1 Å². The van der Waals surface area contributed by atoms with Crippen molar-refractivity contribution in [3.8, 4) is 0 Å². The Bertz CT molecular complexity index is 875. The molecule has 0 atom stereocenters. The highest BCUT2D eigenvalue weighted by Crippen LogP contribution is 2.34. The van der Waals surface area contributed by atoms with Gasteiger partial charge in [-0.05, 0) is 51.0 Å². The normalized spacial score (nSPS) is 10.6. The third-order valence-electron chi connectivity index (χ3n) is 3.78. The molecule has 2 N–H and O–H groups in total. The van der Waals surface area contributed by atoms with Crippen LogP contribution in [0.25, 0.3) is 0 Å². The monoisotopic (exact) mass is 422 g/mol. The summed E-state index contributed by atoms with van der Waals surface area (Å²) >= 11 is 6.93. The summed E-state index contributed by atoms with van der Waals surface area (Å²) < 4.78 is 5.11. The first-order chi connectivity index (χ1) is 13.2. The van der Waals surface area contributed by atoms with Crippen molar-refractivity contribution >= 4 is 45.7 Å². The third-order valence-corrected chi connectivity index (χ3v) is 5.24. The molecule has 2 amide bonds. The van der Waals surface area contributed by atoms with Gasteiger partial charge in [-0.2, -0.15) is 0 Å². The maximum Gasteiger partial charge on any atom is 0.341 e. The van der Waals surface area contributed by atoms with Crippen LogP contribution >= 0.6 is 22.9 Å². The Morgan fingerprint density at radius 3 is 2.39 bits per heavy atom. The van der Waals surface area contributed by atoms with E-state index in [1.165, 1.54) is 0 Å². The molecule has 28 heavy (non-hydrogen) atoms. The largest absolute Gasteiger partial charge is 0.462 e. The summed E-state index contributed by atoms with van der Waals surface area (Å²) in [6.07, 6.45) is 0.115. The van der Waals surface area contributed by atoms with Gasteiger partial charge < -0.3 is 15.4 Å². The van der Waals surface area contributed by atoms with Gasteiger partial charge in [-0.25, -0.2) is 4.79 Å². The predicted molar refractivity (Wildman–Crippen MR) is 111 cm³/mol. The number of halogens is 1. The highest BCUT2D eigenvalue weighted by atomic mass is 35.5. The van der Waals surface area contributed by atoms with E-state index < -0.39 is 5.97 Å². The second-order valence-electron chi connectivity index (χ2n) is 6.46. The van der Waals surface area contributed by atoms with Gasteiger partial charge in [0.2, 0.25) is 5.91 Å². The molecule has 2 aromatic rings. The van der Waals surface area contributed by atoms with Gasteiger partial charge in [0.15, 0.2) is 0 Å². The van der Waals surface area contributed by atoms with Crippen LogP contribution in [-0.4, -0.2) is 30.4 Å². The summed E-state index contributed by atoms with van der Waals surface area (Å²) in [5, 5.41) is 6.45. The average molecular weight is 423 g/mol. The molecule has 8 heteroatoms. The summed E-state index contributed by atoms with van der Waals surface area (Å²) in [4.78, 5) is 37.7. The predicted octanol–water partition coefficient (Wildman–Crippen LogP) is 4.21. The number of benzene rings is 1. The van der Waals surface area contributed by atoms with E-state index in [4.69, 9.17) is 16.3 Å². The smallest absolute Gasteiger partial charge is 0.341 e. The molecular weight excluding hydrogens is 400 g/mol. The molecule has 0 spiro atoms. The Hall–Kier alpha value is -2.38. The van der Waals surface area contributed by atoms with E-state index in [0.717, 1.165) is 16.9 Å². The van der Waals surface area contributed by atoms with Crippen LogP contribution in [0.5, 0.6) is 0 Å². The molecule has 0 saturated heterocycles. The highest BCUT2D eigenvalue weighted by Gasteiger charge is 2.26. The first-order valence-electron chi connectivity index (χ1n) is 8.88. The van der Waals surface area contributed by atoms with Gasteiger partial charge in [-0.1, -0.05) is 23.7 Å². The summed E-state index contributed by atoms with van der Waals surface area (Å²) in [6.45, 7) is 7.27. The summed E-state index contributed by atoms with van der Waals surface area (Å²) in [5.74, 6) is -1.16. The van der Waals surface area contributed by atoms with Gasteiger partial charge in [0.05, 0.1) is 23.5 Å². The number of carbonyl (C=O) groups excluding carboxylic acids is 3. The molecule has 0 fully saturated rings. The Balaban J connectivity index is 2.29.